The molecule has 0 unspecified atom stereocenters. The molecule has 0 aliphatic carbocycles. The summed E-state index contributed by atoms with van der Waals surface area (Å²) in [5.74, 6) is -0.390. The fourth-order valence-electron chi connectivity index (χ4n) is 2.05. The van der Waals surface area contributed by atoms with Gasteiger partial charge in [-0.1, -0.05) is 18.2 Å². The number of hydrogen-bond donors (Lipinski definition) is 0. The summed E-state index contributed by atoms with van der Waals surface area (Å²) < 4.78 is 6.33. The van der Waals surface area contributed by atoms with E-state index in [0.717, 1.165) is 15.9 Å². The second kappa shape index (κ2) is 4.94. The summed E-state index contributed by atoms with van der Waals surface area (Å²) in [6.45, 7) is 0. The van der Waals surface area contributed by atoms with Gasteiger partial charge < -0.3 is 4.74 Å². The molecule has 0 radical (unpaired) electrons. The molecule has 0 amide bonds. The maximum Gasteiger partial charge on any atom is 0.348 e. The first-order valence-electron chi connectivity index (χ1n) is 6.00. The van der Waals surface area contributed by atoms with Gasteiger partial charge in [0, 0.05) is 11.5 Å². The molecule has 20 heavy (non-hydrogen) atoms. The molecule has 0 saturated heterocycles. The lowest BCUT2D eigenvalue weighted by Crippen LogP contribution is -2.16. The number of ether oxygens (including phenoxy) is 1. The van der Waals surface area contributed by atoms with Gasteiger partial charge in [0.2, 0.25) is 0 Å². The molecular formula is C15H11NO3S. The Morgan fingerprint density at radius 2 is 1.90 bits per heavy atom. The average Bonchev–Trinajstić information content (AvgIpc) is 2.91. The second-order valence-electron chi connectivity index (χ2n) is 4.21. The summed E-state index contributed by atoms with van der Waals surface area (Å²) in [4.78, 5) is 25.0. The van der Waals surface area contributed by atoms with Crippen molar-refractivity contribution in [3.8, 4) is 5.69 Å². The number of benzene rings is 1. The van der Waals surface area contributed by atoms with E-state index >= 15 is 0 Å². The first kappa shape index (κ1) is 12.6. The first-order chi connectivity index (χ1) is 9.70. The van der Waals surface area contributed by atoms with Crippen LogP contribution in [0.1, 0.15) is 9.67 Å². The van der Waals surface area contributed by atoms with Gasteiger partial charge in [0.15, 0.2) is 0 Å². The van der Waals surface area contributed by atoms with E-state index in [4.69, 9.17) is 4.74 Å². The normalized spacial score (nSPS) is 10.7. The summed E-state index contributed by atoms with van der Waals surface area (Å²) in [7, 11) is 1.34. The number of fused-ring (bicyclic) bond motifs is 1. The molecular weight excluding hydrogens is 274 g/mol. The zero-order valence-corrected chi connectivity index (χ0v) is 11.5. The zero-order valence-electron chi connectivity index (χ0n) is 10.7. The standard InChI is InChI=1S/C15H11NO3S/c1-19-15(18)12-9-10-7-8-13(17)16(14(10)20-12)11-5-3-2-4-6-11/h2-9H,1H3. The van der Waals surface area contributed by atoms with Crippen LogP contribution >= 0.6 is 11.3 Å². The number of rotatable bonds is 2. The molecule has 5 heteroatoms. The highest BCUT2D eigenvalue weighted by Crippen LogP contribution is 2.26. The quantitative estimate of drug-likeness (QED) is 0.680. The lowest BCUT2D eigenvalue weighted by atomic mass is 10.2. The molecule has 100 valence electrons. The lowest BCUT2D eigenvalue weighted by Gasteiger charge is -2.06. The molecule has 3 rings (SSSR count). The molecule has 0 saturated carbocycles. The third kappa shape index (κ3) is 2.02. The highest BCUT2D eigenvalue weighted by atomic mass is 32.1. The third-order valence-corrected chi connectivity index (χ3v) is 4.09. The number of carbonyl (C=O) groups is 1. The fourth-order valence-corrected chi connectivity index (χ4v) is 3.14. The van der Waals surface area contributed by atoms with Crippen LogP contribution in [-0.2, 0) is 4.74 Å². The minimum Gasteiger partial charge on any atom is -0.465 e. The minimum atomic E-state index is -0.390. The van der Waals surface area contributed by atoms with Crippen molar-refractivity contribution in [1.29, 1.82) is 0 Å². The Kier molecular flexibility index (Phi) is 3.12. The summed E-state index contributed by atoms with van der Waals surface area (Å²) >= 11 is 1.25. The van der Waals surface area contributed by atoms with Crippen molar-refractivity contribution >= 4 is 27.5 Å². The van der Waals surface area contributed by atoms with Gasteiger partial charge in [0.1, 0.15) is 9.71 Å². The van der Waals surface area contributed by atoms with Crippen molar-refractivity contribution in [3.63, 3.8) is 0 Å². The van der Waals surface area contributed by atoms with Crippen molar-refractivity contribution in [3.05, 3.63) is 63.8 Å². The topological polar surface area (TPSA) is 48.3 Å². The maximum atomic E-state index is 12.1. The van der Waals surface area contributed by atoms with E-state index in [0.29, 0.717) is 4.88 Å². The van der Waals surface area contributed by atoms with Crippen LogP contribution in [-0.4, -0.2) is 17.6 Å². The van der Waals surface area contributed by atoms with E-state index < -0.39 is 5.97 Å². The molecule has 0 aliphatic rings. The molecule has 1 aromatic carbocycles. The first-order valence-corrected chi connectivity index (χ1v) is 6.81. The van der Waals surface area contributed by atoms with Gasteiger partial charge in [0.05, 0.1) is 12.8 Å². The van der Waals surface area contributed by atoms with Crippen LogP contribution in [0.15, 0.2) is 53.3 Å². The van der Waals surface area contributed by atoms with Gasteiger partial charge in [-0.25, -0.2) is 4.79 Å². The fraction of sp³-hybridized carbons (Fsp3) is 0.0667. The van der Waals surface area contributed by atoms with E-state index in [1.54, 1.807) is 16.7 Å². The molecule has 0 aliphatic heterocycles. The van der Waals surface area contributed by atoms with Gasteiger partial charge in [-0.05, 0) is 24.3 Å². The van der Waals surface area contributed by atoms with Crippen LogP contribution in [0.3, 0.4) is 0 Å². The molecule has 0 N–H and O–H groups in total. The van der Waals surface area contributed by atoms with E-state index in [1.807, 2.05) is 30.3 Å². The number of thiophene rings is 1. The average molecular weight is 285 g/mol. The summed E-state index contributed by atoms with van der Waals surface area (Å²) in [6, 6.07) is 14.3. The number of esters is 1. The number of pyridine rings is 1. The molecule has 3 aromatic rings. The minimum absolute atomic E-state index is 0.123. The largest absolute Gasteiger partial charge is 0.465 e. The second-order valence-corrected chi connectivity index (χ2v) is 5.24. The van der Waals surface area contributed by atoms with Crippen LogP contribution in [0.2, 0.25) is 0 Å². The smallest absolute Gasteiger partial charge is 0.348 e. The van der Waals surface area contributed by atoms with Crippen LogP contribution in [0.25, 0.3) is 15.9 Å². The summed E-state index contributed by atoms with van der Waals surface area (Å²) in [5, 5.41) is 0.846. The molecule has 0 atom stereocenters. The van der Waals surface area contributed by atoms with Crippen molar-refractivity contribution in [2.45, 2.75) is 0 Å². The highest BCUT2D eigenvalue weighted by molar-refractivity contribution is 7.20. The maximum absolute atomic E-state index is 12.1. The van der Waals surface area contributed by atoms with Gasteiger partial charge >= 0.3 is 5.97 Å². The highest BCUT2D eigenvalue weighted by Gasteiger charge is 2.14. The van der Waals surface area contributed by atoms with E-state index in [-0.39, 0.29) is 5.56 Å². The van der Waals surface area contributed by atoms with Gasteiger partial charge in [0.25, 0.3) is 5.56 Å². The van der Waals surface area contributed by atoms with Crippen LogP contribution in [0.5, 0.6) is 0 Å². The van der Waals surface area contributed by atoms with E-state index in [1.165, 1.54) is 24.5 Å². The monoisotopic (exact) mass is 285 g/mol. The summed E-state index contributed by atoms with van der Waals surface area (Å²) in [6.07, 6.45) is 0. The number of carbonyl (C=O) groups excluding carboxylic acids is 1. The Bertz CT molecular complexity index is 833. The van der Waals surface area contributed by atoms with Gasteiger partial charge in [-0.2, -0.15) is 0 Å². The predicted molar refractivity (Wildman–Crippen MR) is 78.8 cm³/mol. The van der Waals surface area contributed by atoms with E-state index in [9.17, 15) is 9.59 Å². The molecule has 4 nitrogen and oxygen atoms in total. The van der Waals surface area contributed by atoms with Crippen LogP contribution in [0, 0.1) is 0 Å². The van der Waals surface area contributed by atoms with Gasteiger partial charge in [-0.3, -0.25) is 9.36 Å². The molecule has 0 bridgehead atoms. The van der Waals surface area contributed by atoms with Crippen molar-refractivity contribution < 1.29 is 9.53 Å². The Labute approximate surface area is 118 Å². The van der Waals surface area contributed by atoms with Crippen molar-refractivity contribution in [1.82, 2.24) is 4.57 Å². The number of aromatic nitrogens is 1. The number of nitrogens with zero attached hydrogens (tertiary/aromatic N) is 1. The van der Waals surface area contributed by atoms with Crippen LogP contribution < -0.4 is 5.56 Å². The third-order valence-electron chi connectivity index (χ3n) is 2.97. The van der Waals surface area contributed by atoms with E-state index in [2.05, 4.69) is 0 Å². The lowest BCUT2D eigenvalue weighted by molar-refractivity contribution is 0.0606. The SMILES string of the molecule is COC(=O)c1cc2ccc(=O)n(-c3ccccc3)c2s1. The van der Waals surface area contributed by atoms with Crippen molar-refractivity contribution in [2.75, 3.05) is 7.11 Å². The Balaban J connectivity index is 2.31. The van der Waals surface area contributed by atoms with Crippen LogP contribution in [0.4, 0.5) is 0 Å². The zero-order chi connectivity index (χ0) is 14.1. The Morgan fingerprint density at radius 1 is 1.15 bits per heavy atom. The number of hydrogen-bond acceptors (Lipinski definition) is 4. The Morgan fingerprint density at radius 3 is 2.60 bits per heavy atom. The number of para-hydroxylation sites is 1. The molecule has 2 heterocycles. The Hall–Kier alpha value is -2.40. The summed E-state index contributed by atoms with van der Waals surface area (Å²) in [5.41, 5.74) is 0.656. The predicted octanol–water partition coefficient (Wildman–Crippen LogP) is 2.84. The molecule has 0 fully saturated rings. The van der Waals surface area contributed by atoms with Gasteiger partial charge in [-0.15, -0.1) is 11.3 Å². The van der Waals surface area contributed by atoms with Crippen molar-refractivity contribution in [2.24, 2.45) is 0 Å². The molecule has 2 aromatic heterocycles. The molecule has 0 spiro atoms. The number of methoxy groups -OCH3 is 1.